The van der Waals surface area contributed by atoms with Gasteiger partial charge in [-0.3, -0.25) is 0 Å². The molecule has 88 heavy (non-hydrogen) atoms. The molecule has 15 aromatic rings. The molecule has 0 atom stereocenters. The Morgan fingerprint density at radius 1 is 0.307 bits per heavy atom. The van der Waals surface area contributed by atoms with Crippen molar-refractivity contribution in [2.45, 2.75) is 52.4 Å². The Morgan fingerprint density at radius 3 is 1.34 bits per heavy atom. The first-order chi connectivity index (χ1) is 42.9. The Labute approximate surface area is 511 Å². The molecular formula is C80H61BN4O3. The van der Waals surface area contributed by atoms with E-state index in [1.54, 1.807) is 0 Å². The molecule has 7 nitrogen and oxygen atoms in total. The van der Waals surface area contributed by atoms with Crippen LogP contribution in [-0.2, 0) is 10.8 Å². The third-order valence-electron chi connectivity index (χ3n) is 18.3. The number of benzene rings is 12. The number of hydrogen-bond acceptors (Lipinski definition) is 7. The third-order valence-corrected chi connectivity index (χ3v) is 18.3. The summed E-state index contributed by atoms with van der Waals surface area (Å²) in [5.41, 5.74) is 23.5. The molecule has 0 saturated heterocycles. The van der Waals surface area contributed by atoms with Gasteiger partial charge in [-0.2, -0.15) is 0 Å². The van der Waals surface area contributed by atoms with E-state index < -0.39 is 0 Å². The molecule has 0 spiro atoms. The zero-order valence-electron chi connectivity index (χ0n) is 49.9. The first-order valence-corrected chi connectivity index (χ1v) is 30.5. The van der Waals surface area contributed by atoms with Gasteiger partial charge in [-0.05, 0) is 154 Å². The van der Waals surface area contributed by atoms with Crippen molar-refractivity contribution in [1.82, 2.24) is 0 Å². The topological polar surface area (TPSA) is 52.4 Å². The van der Waals surface area contributed by atoms with Crippen LogP contribution >= 0.6 is 0 Å². The van der Waals surface area contributed by atoms with E-state index in [2.05, 4.69) is 304 Å². The van der Waals surface area contributed by atoms with Crippen molar-refractivity contribution in [2.24, 2.45) is 0 Å². The lowest BCUT2D eigenvalue weighted by molar-refractivity contribution is 0.590. The van der Waals surface area contributed by atoms with Crippen LogP contribution in [0.15, 0.2) is 274 Å². The molecule has 3 aromatic heterocycles. The van der Waals surface area contributed by atoms with E-state index in [1.807, 2.05) is 18.2 Å². The number of fused-ring (bicyclic) bond motifs is 13. The Balaban J connectivity index is 0.993. The van der Waals surface area contributed by atoms with Crippen LogP contribution in [0, 0.1) is 0 Å². The largest absolute Gasteiger partial charge is 0.456 e. The summed E-state index contributed by atoms with van der Waals surface area (Å²) in [4.78, 5) is 9.84. The van der Waals surface area contributed by atoms with Crippen molar-refractivity contribution in [3.63, 3.8) is 0 Å². The molecule has 0 unspecified atom stereocenters. The standard InChI is InChI=1S/C80H61BN4O3/c1-79(2,3)50-32-36-54(37-33-50)84-68-45-57(83(56-41-43-75-63(44-56)60-25-14-16-29-72(60)86-75)67-28-19-27-62-59-24-13-18-31-74(59)88-78(62)67)40-42-65(68)81-66-48-64-61-26-15-17-30-73(61)87-76(64)49-69(66)85(55-38-34-51(35-39-55)80(4,5)6)71-47-58(46-70(84)77(71)81)82(52-20-9-7-10-21-52)53-22-11-8-12-23-53/h7-49H,1-6H3. The maximum absolute atomic E-state index is 6.98. The summed E-state index contributed by atoms with van der Waals surface area (Å²) in [5, 5.41) is 6.41. The highest BCUT2D eigenvalue weighted by Gasteiger charge is 2.45. The summed E-state index contributed by atoms with van der Waals surface area (Å²) in [7, 11) is 0. The highest BCUT2D eigenvalue weighted by Crippen LogP contribution is 2.52. The van der Waals surface area contributed by atoms with Crippen molar-refractivity contribution in [3.05, 3.63) is 272 Å². The predicted octanol–water partition coefficient (Wildman–Crippen LogP) is 21.0. The van der Waals surface area contributed by atoms with E-state index in [0.29, 0.717) is 0 Å². The maximum Gasteiger partial charge on any atom is 0.252 e. The van der Waals surface area contributed by atoms with Crippen molar-refractivity contribution >= 4 is 157 Å². The molecule has 0 bridgehead atoms. The number of nitrogens with zero attached hydrogens (tertiary/aromatic N) is 4. The first-order valence-electron chi connectivity index (χ1n) is 30.5. The highest BCUT2D eigenvalue weighted by molar-refractivity contribution is 7.00. The number of furan rings is 3. The average molecular weight is 1140 g/mol. The highest BCUT2D eigenvalue weighted by atomic mass is 16.3. The summed E-state index contributed by atoms with van der Waals surface area (Å²) >= 11 is 0. The smallest absolute Gasteiger partial charge is 0.252 e. The minimum Gasteiger partial charge on any atom is -0.456 e. The van der Waals surface area contributed by atoms with Gasteiger partial charge in [-0.25, -0.2) is 0 Å². The molecule has 422 valence electrons. The lowest BCUT2D eigenvalue weighted by Crippen LogP contribution is -2.61. The number of rotatable bonds is 8. The van der Waals surface area contributed by atoms with Gasteiger partial charge in [0.05, 0.1) is 11.4 Å². The van der Waals surface area contributed by atoms with Crippen LogP contribution in [0.4, 0.5) is 68.2 Å². The molecule has 0 fully saturated rings. The van der Waals surface area contributed by atoms with Crippen LogP contribution in [0.25, 0.3) is 65.8 Å². The fourth-order valence-corrected chi connectivity index (χ4v) is 14.0. The third kappa shape index (κ3) is 8.12. The summed E-state index contributed by atoms with van der Waals surface area (Å²) in [6, 6.07) is 95.1. The van der Waals surface area contributed by atoms with Crippen LogP contribution < -0.4 is 36.0 Å². The summed E-state index contributed by atoms with van der Waals surface area (Å²) in [6.07, 6.45) is 0. The zero-order valence-corrected chi connectivity index (χ0v) is 49.9. The van der Waals surface area contributed by atoms with E-state index in [4.69, 9.17) is 13.3 Å². The molecule has 17 rings (SSSR count). The zero-order chi connectivity index (χ0) is 59.2. The molecular weight excluding hydrogens is 1080 g/mol. The fraction of sp³-hybridized carbons (Fsp3) is 0.100. The Bertz CT molecular complexity index is 5220. The van der Waals surface area contributed by atoms with Crippen LogP contribution in [0.1, 0.15) is 52.7 Å². The van der Waals surface area contributed by atoms with Gasteiger partial charge in [0.1, 0.15) is 27.9 Å². The lowest BCUT2D eigenvalue weighted by atomic mass is 9.33. The van der Waals surface area contributed by atoms with E-state index in [1.165, 1.54) is 27.5 Å². The van der Waals surface area contributed by atoms with Gasteiger partial charge in [-0.1, -0.05) is 181 Å². The minimum atomic E-state index is -0.228. The lowest BCUT2D eigenvalue weighted by Gasteiger charge is -2.45. The van der Waals surface area contributed by atoms with Gasteiger partial charge in [0.2, 0.25) is 0 Å². The van der Waals surface area contributed by atoms with Crippen LogP contribution in [0.3, 0.4) is 0 Å². The second-order valence-corrected chi connectivity index (χ2v) is 25.7. The van der Waals surface area contributed by atoms with Crippen molar-refractivity contribution in [2.75, 3.05) is 19.6 Å². The predicted molar refractivity (Wildman–Crippen MR) is 369 cm³/mol. The minimum absolute atomic E-state index is 0.0467. The van der Waals surface area contributed by atoms with Gasteiger partial charge in [0.15, 0.2) is 5.58 Å². The molecule has 0 radical (unpaired) electrons. The van der Waals surface area contributed by atoms with Gasteiger partial charge in [0.25, 0.3) is 6.71 Å². The second kappa shape index (κ2) is 19.4. The van der Waals surface area contributed by atoms with Crippen LogP contribution in [-0.4, -0.2) is 6.71 Å². The van der Waals surface area contributed by atoms with Crippen molar-refractivity contribution in [3.8, 4) is 0 Å². The second-order valence-electron chi connectivity index (χ2n) is 25.7. The van der Waals surface area contributed by atoms with Gasteiger partial charge in [0, 0.05) is 95.3 Å². The summed E-state index contributed by atoms with van der Waals surface area (Å²) < 4.78 is 20.4. The van der Waals surface area contributed by atoms with Gasteiger partial charge >= 0.3 is 0 Å². The Kier molecular flexibility index (Phi) is 11.4. The van der Waals surface area contributed by atoms with E-state index >= 15 is 0 Å². The van der Waals surface area contributed by atoms with Crippen molar-refractivity contribution in [1.29, 1.82) is 0 Å². The molecule has 12 aromatic carbocycles. The molecule has 2 aliphatic heterocycles. The van der Waals surface area contributed by atoms with E-state index in [-0.39, 0.29) is 17.5 Å². The summed E-state index contributed by atoms with van der Waals surface area (Å²) in [5.74, 6) is 0. The van der Waals surface area contributed by atoms with Crippen LogP contribution in [0.2, 0.25) is 0 Å². The molecule has 5 heterocycles. The van der Waals surface area contributed by atoms with Gasteiger partial charge < -0.3 is 32.9 Å². The molecule has 0 N–H and O–H groups in total. The molecule has 0 aliphatic carbocycles. The molecule has 8 heteroatoms. The van der Waals surface area contributed by atoms with Crippen molar-refractivity contribution < 1.29 is 13.3 Å². The van der Waals surface area contributed by atoms with Gasteiger partial charge in [-0.15, -0.1) is 0 Å². The quantitative estimate of drug-likeness (QED) is 0.141. The number of para-hydroxylation sites is 6. The summed E-state index contributed by atoms with van der Waals surface area (Å²) in [6.45, 7) is 13.5. The first kappa shape index (κ1) is 51.7. The Morgan fingerprint density at radius 2 is 0.761 bits per heavy atom. The van der Waals surface area contributed by atoms with E-state index in [0.717, 1.165) is 134 Å². The SMILES string of the molecule is CC(C)(C)c1ccc(N2c3cc(N(c4ccc5oc6ccccc6c5c4)c4cccc5c4oc4ccccc45)ccc3B3c4cc5c(cc4N(c4ccc(C(C)(C)C)cc4)c4cc(N(c6ccccc6)c6ccccc6)cc2c43)oc2ccccc25)cc1. The monoisotopic (exact) mass is 1140 g/mol. The fourth-order valence-electron chi connectivity index (χ4n) is 14.0. The number of anilines is 12. The maximum atomic E-state index is 6.98. The normalized spacial score (nSPS) is 13.0. The number of hydrogen-bond donors (Lipinski definition) is 0. The Hall–Kier alpha value is -10.7. The molecule has 0 saturated carbocycles. The van der Waals surface area contributed by atoms with E-state index in [9.17, 15) is 0 Å². The molecule has 2 aliphatic rings. The van der Waals surface area contributed by atoms with Crippen LogP contribution in [0.5, 0.6) is 0 Å². The molecule has 0 amide bonds. The average Bonchev–Trinajstić information content (AvgIpc) is 0.894.